The van der Waals surface area contributed by atoms with E-state index in [1.54, 1.807) is 7.11 Å². The molecule has 0 amide bonds. The lowest BCUT2D eigenvalue weighted by molar-refractivity contribution is 0.138. The van der Waals surface area contributed by atoms with E-state index in [1.165, 1.54) is 38.5 Å². The van der Waals surface area contributed by atoms with E-state index in [0.29, 0.717) is 18.1 Å². The Morgan fingerprint density at radius 1 is 1.17 bits per heavy atom. The Kier molecular flexibility index (Phi) is 10.5. The average molecular weight is 516 g/mol. The highest BCUT2D eigenvalue weighted by molar-refractivity contribution is 14.0. The number of pyridine rings is 1. The van der Waals surface area contributed by atoms with Gasteiger partial charge in [0.05, 0.1) is 0 Å². The van der Waals surface area contributed by atoms with Crippen molar-refractivity contribution >= 4 is 29.9 Å². The third-order valence-corrected chi connectivity index (χ3v) is 6.20. The number of aliphatic imine (C=N–C) groups is 1. The van der Waals surface area contributed by atoms with E-state index in [4.69, 9.17) is 9.47 Å². The van der Waals surface area contributed by atoms with Crippen LogP contribution in [-0.2, 0) is 11.3 Å². The summed E-state index contributed by atoms with van der Waals surface area (Å²) in [5.41, 5.74) is 1.46. The summed E-state index contributed by atoms with van der Waals surface area (Å²) in [7, 11) is 3.61. The highest BCUT2D eigenvalue weighted by Gasteiger charge is 2.33. The Balaban J connectivity index is 0.00000300. The molecule has 0 atom stereocenters. The van der Waals surface area contributed by atoms with E-state index in [-0.39, 0.29) is 24.0 Å². The molecule has 2 aliphatic carbocycles. The van der Waals surface area contributed by atoms with Crippen LogP contribution < -0.4 is 15.4 Å². The number of nitrogens with one attached hydrogen (secondary N) is 2. The van der Waals surface area contributed by atoms with Crippen molar-refractivity contribution in [1.29, 1.82) is 0 Å². The molecular formula is C22H37IN4O2. The molecule has 2 fully saturated rings. The summed E-state index contributed by atoms with van der Waals surface area (Å²) < 4.78 is 11.3. The standard InChI is InChI=1S/C22H36N4O2.HI/c1-23-21(26-17-22(13-14-27-2)11-5-6-12-22)25-16-18-9-10-20(24-15-18)28-19-7-3-4-8-19;/h9-10,15,19H,3-8,11-14,16-17H2,1-2H3,(H2,23,25,26);1H. The molecule has 1 aromatic heterocycles. The van der Waals surface area contributed by atoms with Crippen LogP contribution in [0.1, 0.15) is 63.4 Å². The number of aromatic nitrogens is 1. The largest absolute Gasteiger partial charge is 0.474 e. The molecule has 6 nitrogen and oxygen atoms in total. The minimum absolute atomic E-state index is 0. The molecule has 0 saturated heterocycles. The zero-order chi connectivity index (χ0) is 19.7. The van der Waals surface area contributed by atoms with Crippen molar-refractivity contribution in [3.8, 4) is 5.88 Å². The summed E-state index contributed by atoms with van der Waals surface area (Å²) in [6.45, 7) is 2.47. The summed E-state index contributed by atoms with van der Waals surface area (Å²) >= 11 is 0. The lowest BCUT2D eigenvalue weighted by atomic mass is 9.83. The molecule has 0 aliphatic heterocycles. The first kappa shape index (κ1) is 24.2. The van der Waals surface area contributed by atoms with Crippen LogP contribution in [0.4, 0.5) is 0 Å². The Bertz CT molecular complexity index is 612. The van der Waals surface area contributed by atoms with Crippen LogP contribution in [0.3, 0.4) is 0 Å². The molecule has 2 aliphatic rings. The molecule has 1 aromatic rings. The first-order valence-corrected chi connectivity index (χ1v) is 10.8. The van der Waals surface area contributed by atoms with Gasteiger partial charge in [0.15, 0.2) is 5.96 Å². The molecule has 0 radical (unpaired) electrons. The van der Waals surface area contributed by atoms with Gasteiger partial charge in [-0.3, -0.25) is 4.99 Å². The second-order valence-corrected chi connectivity index (χ2v) is 8.26. The Morgan fingerprint density at radius 3 is 2.55 bits per heavy atom. The maximum atomic E-state index is 5.94. The molecule has 0 unspecified atom stereocenters. The number of ether oxygens (including phenoxy) is 2. The molecule has 0 aromatic carbocycles. The zero-order valence-electron chi connectivity index (χ0n) is 17.9. The van der Waals surface area contributed by atoms with Gasteiger partial charge in [-0.25, -0.2) is 4.98 Å². The van der Waals surface area contributed by atoms with Crippen LogP contribution in [-0.4, -0.2) is 44.4 Å². The van der Waals surface area contributed by atoms with E-state index >= 15 is 0 Å². The van der Waals surface area contributed by atoms with Crippen molar-refractivity contribution in [3.05, 3.63) is 23.9 Å². The Morgan fingerprint density at radius 2 is 1.93 bits per heavy atom. The van der Waals surface area contributed by atoms with E-state index < -0.39 is 0 Å². The second-order valence-electron chi connectivity index (χ2n) is 8.26. The molecule has 0 spiro atoms. The number of nitrogens with zero attached hydrogens (tertiary/aromatic N) is 2. The fraction of sp³-hybridized carbons (Fsp3) is 0.727. The molecule has 164 valence electrons. The van der Waals surface area contributed by atoms with Gasteiger partial charge in [0.1, 0.15) is 6.10 Å². The fourth-order valence-electron chi connectivity index (χ4n) is 4.40. The van der Waals surface area contributed by atoms with Gasteiger partial charge in [0.25, 0.3) is 0 Å². The van der Waals surface area contributed by atoms with Gasteiger partial charge in [-0.05, 0) is 55.9 Å². The lowest BCUT2D eigenvalue weighted by Crippen LogP contribution is -2.43. The van der Waals surface area contributed by atoms with E-state index in [1.807, 2.05) is 19.3 Å². The quantitative estimate of drug-likeness (QED) is 0.291. The molecule has 2 saturated carbocycles. The van der Waals surface area contributed by atoms with Gasteiger partial charge >= 0.3 is 0 Å². The summed E-state index contributed by atoms with van der Waals surface area (Å²) in [6.07, 6.45) is 13.4. The van der Waals surface area contributed by atoms with Gasteiger partial charge in [0.2, 0.25) is 5.88 Å². The second kappa shape index (κ2) is 12.6. The van der Waals surface area contributed by atoms with Gasteiger partial charge < -0.3 is 20.1 Å². The zero-order valence-corrected chi connectivity index (χ0v) is 20.2. The SMILES string of the molecule is CN=C(NCc1ccc(OC2CCCC2)nc1)NCC1(CCOC)CCCC1.I. The number of halogens is 1. The molecule has 0 bridgehead atoms. The van der Waals surface area contributed by atoms with Crippen LogP contribution >= 0.6 is 24.0 Å². The highest BCUT2D eigenvalue weighted by Crippen LogP contribution is 2.40. The van der Waals surface area contributed by atoms with E-state index in [9.17, 15) is 0 Å². The predicted molar refractivity (Wildman–Crippen MR) is 128 cm³/mol. The average Bonchev–Trinajstić information content (AvgIpc) is 3.40. The van der Waals surface area contributed by atoms with Crippen molar-refractivity contribution in [2.24, 2.45) is 10.4 Å². The first-order valence-electron chi connectivity index (χ1n) is 10.8. The molecule has 3 rings (SSSR count). The van der Waals surface area contributed by atoms with Gasteiger partial charge in [0, 0.05) is 46.1 Å². The van der Waals surface area contributed by atoms with Crippen LogP contribution in [0, 0.1) is 5.41 Å². The summed E-state index contributed by atoms with van der Waals surface area (Å²) in [5, 5.41) is 6.93. The number of hydrogen-bond acceptors (Lipinski definition) is 4. The summed E-state index contributed by atoms with van der Waals surface area (Å²) in [4.78, 5) is 8.84. The van der Waals surface area contributed by atoms with Gasteiger partial charge in [-0.1, -0.05) is 18.9 Å². The maximum absolute atomic E-state index is 5.94. The third-order valence-electron chi connectivity index (χ3n) is 6.20. The van der Waals surface area contributed by atoms with Crippen LogP contribution in [0.25, 0.3) is 0 Å². The van der Waals surface area contributed by atoms with Crippen LogP contribution in [0.2, 0.25) is 0 Å². The lowest BCUT2D eigenvalue weighted by Gasteiger charge is -2.30. The Labute approximate surface area is 192 Å². The number of methoxy groups -OCH3 is 1. The van der Waals surface area contributed by atoms with Gasteiger partial charge in [-0.2, -0.15) is 0 Å². The highest BCUT2D eigenvalue weighted by atomic mass is 127. The third kappa shape index (κ3) is 7.59. The minimum Gasteiger partial charge on any atom is -0.474 e. The number of rotatable bonds is 9. The fourth-order valence-corrected chi connectivity index (χ4v) is 4.40. The van der Waals surface area contributed by atoms with E-state index in [2.05, 4.69) is 26.7 Å². The van der Waals surface area contributed by atoms with E-state index in [0.717, 1.165) is 49.8 Å². The van der Waals surface area contributed by atoms with Crippen molar-refractivity contribution in [2.45, 2.75) is 70.4 Å². The van der Waals surface area contributed by atoms with Crippen molar-refractivity contribution in [1.82, 2.24) is 15.6 Å². The molecular weight excluding hydrogens is 479 g/mol. The maximum Gasteiger partial charge on any atom is 0.213 e. The summed E-state index contributed by atoms with van der Waals surface area (Å²) in [5.74, 6) is 1.58. The predicted octanol–water partition coefficient (Wildman–Crippen LogP) is 4.28. The Hall–Kier alpha value is -1.09. The molecule has 29 heavy (non-hydrogen) atoms. The van der Waals surface area contributed by atoms with Crippen LogP contribution in [0.15, 0.2) is 23.3 Å². The van der Waals surface area contributed by atoms with Crippen molar-refractivity contribution < 1.29 is 9.47 Å². The molecule has 1 heterocycles. The van der Waals surface area contributed by atoms with Crippen molar-refractivity contribution in [2.75, 3.05) is 27.3 Å². The summed E-state index contributed by atoms with van der Waals surface area (Å²) in [6, 6.07) is 4.05. The number of hydrogen-bond donors (Lipinski definition) is 2. The molecule has 7 heteroatoms. The van der Waals surface area contributed by atoms with Crippen molar-refractivity contribution in [3.63, 3.8) is 0 Å². The van der Waals surface area contributed by atoms with Gasteiger partial charge in [-0.15, -0.1) is 24.0 Å². The first-order chi connectivity index (χ1) is 13.7. The normalized spacial score (nSPS) is 19.0. The van der Waals surface area contributed by atoms with Crippen LogP contribution in [0.5, 0.6) is 5.88 Å². The molecule has 2 N–H and O–H groups in total. The smallest absolute Gasteiger partial charge is 0.213 e. The topological polar surface area (TPSA) is 67.8 Å². The monoisotopic (exact) mass is 516 g/mol. The number of guanidine groups is 1. The minimum atomic E-state index is 0.